The minimum absolute atomic E-state index is 0.195. The van der Waals surface area contributed by atoms with Crippen LogP contribution in [0.2, 0.25) is 0 Å². The number of hydrogen-bond acceptors (Lipinski definition) is 1. The zero-order valence-corrected chi connectivity index (χ0v) is 20.5. The second-order valence-electron chi connectivity index (χ2n) is 9.26. The van der Waals surface area contributed by atoms with Crippen molar-refractivity contribution >= 4 is 17.7 Å². The Hall–Kier alpha value is -2.90. The van der Waals surface area contributed by atoms with Crippen LogP contribution in [-0.2, 0) is 17.6 Å². The van der Waals surface area contributed by atoms with Crippen LogP contribution in [0.4, 0.5) is 26.3 Å². The molecule has 194 valence electrons. The van der Waals surface area contributed by atoms with E-state index in [2.05, 4.69) is 4.99 Å². The number of aryl methyl sites for hydroxylation is 3. The topological polar surface area (TPSA) is 29.4 Å². The summed E-state index contributed by atoms with van der Waals surface area (Å²) in [6.45, 7) is 5.72. The largest absolute Gasteiger partial charge is 0.399 e. The van der Waals surface area contributed by atoms with Crippen molar-refractivity contribution in [3.63, 3.8) is 0 Å². The van der Waals surface area contributed by atoms with Gasteiger partial charge in [-0.1, -0.05) is 55.8 Å². The van der Waals surface area contributed by atoms with Crippen LogP contribution < -0.4 is 0 Å². The number of fused-ring (bicyclic) bond motifs is 1. The molecule has 0 fully saturated rings. The highest BCUT2D eigenvalue weighted by atomic mass is 19.4. The van der Waals surface area contributed by atoms with Crippen molar-refractivity contribution < 1.29 is 31.1 Å². The lowest BCUT2D eigenvalue weighted by atomic mass is 9.87. The van der Waals surface area contributed by atoms with Crippen LogP contribution in [0.15, 0.2) is 41.4 Å². The second kappa shape index (κ2) is 11.0. The van der Waals surface area contributed by atoms with Crippen molar-refractivity contribution in [2.75, 3.05) is 0 Å². The van der Waals surface area contributed by atoms with E-state index in [4.69, 9.17) is 0 Å². The van der Waals surface area contributed by atoms with E-state index in [0.717, 1.165) is 34.8 Å². The zero-order valence-electron chi connectivity index (χ0n) is 20.5. The van der Waals surface area contributed by atoms with Gasteiger partial charge in [0.15, 0.2) is 0 Å². The molecule has 1 amide bonds. The van der Waals surface area contributed by atoms with Crippen LogP contribution in [0.1, 0.15) is 77.5 Å². The third-order valence-electron chi connectivity index (χ3n) is 6.42. The summed E-state index contributed by atoms with van der Waals surface area (Å²) in [5, 5.41) is 0. The molecule has 0 saturated carbocycles. The van der Waals surface area contributed by atoms with Crippen molar-refractivity contribution in [1.29, 1.82) is 0 Å². The quantitative estimate of drug-likeness (QED) is 0.361. The minimum Gasteiger partial charge on any atom is -0.272 e. The summed E-state index contributed by atoms with van der Waals surface area (Å²) in [5.74, 6) is -3.03. The third-order valence-corrected chi connectivity index (χ3v) is 6.42. The van der Waals surface area contributed by atoms with Gasteiger partial charge in [0.1, 0.15) is 6.42 Å². The SMILES string of the molecule is CCCc1cc(C(/C=C/c2ccc3c(c2)CCCC3=NC(=O)CC(F)(F)F)C(F)(F)F)cc(C)c1C. The molecule has 0 saturated heterocycles. The molecule has 1 aliphatic rings. The van der Waals surface area contributed by atoms with E-state index < -0.39 is 30.6 Å². The molecule has 1 unspecified atom stereocenters. The number of alkyl halides is 6. The van der Waals surface area contributed by atoms with Gasteiger partial charge in [-0.3, -0.25) is 4.79 Å². The number of halogens is 6. The van der Waals surface area contributed by atoms with Gasteiger partial charge < -0.3 is 0 Å². The Labute approximate surface area is 207 Å². The van der Waals surface area contributed by atoms with E-state index in [1.165, 1.54) is 6.08 Å². The molecule has 0 N–H and O–H groups in total. The molecule has 0 spiro atoms. The maximum atomic E-state index is 14.0. The first-order chi connectivity index (χ1) is 16.8. The Kier molecular flexibility index (Phi) is 8.47. The lowest BCUT2D eigenvalue weighted by Gasteiger charge is -2.21. The number of carbonyl (C=O) groups is 1. The zero-order chi connectivity index (χ0) is 26.7. The maximum absolute atomic E-state index is 14.0. The molecule has 2 nitrogen and oxygen atoms in total. The van der Waals surface area contributed by atoms with Crippen LogP contribution >= 0.6 is 0 Å². The Bertz CT molecular complexity index is 1170. The summed E-state index contributed by atoms with van der Waals surface area (Å²) in [4.78, 5) is 15.4. The number of amides is 1. The van der Waals surface area contributed by atoms with Crippen molar-refractivity contribution in [1.82, 2.24) is 0 Å². The van der Waals surface area contributed by atoms with E-state index in [-0.39, 0.29) is 11.3 Å². The second-order valence-corrected chi connectivity index (χ2v) is 9.26. The predicted octanol–water partition coefficient (Wildman–Crippen LogP) is 8.22. The number of allylic oxidation sites excluding steroid dienone is 1. The van der Waals surface area contributed by atoms with Gasteiger partial charge in [0.05, 0.1) is 11.6 Å². The Balaban J connectivity index is 1.91. The van der Waals surface area contributed by atoms with Gasteiger partial charge in [-0.2, -0.15) is 26.3 Å². The van der Waals surface area contributed by atoms with E-state index in [1.54, 1.807) is 30.3 Å². The molecule has 2 aromatic rings. The molecule has 0 heterocycles. The van der Waals surface area contributed by atoms with Gasteiger partial charge in [-0.15, -0.1) is 0 Å². The first kappa shape index (κ1) is 27.7. The van der Waals surface area contributed by atoms with E-state index >= 15 is 0 Å². The fourth-order valence-corrected chi connectivity index (χ4v) is 4.55. The molecule has 36 heavy (non-hydrogen) atoms. The van der Waals surface area contributed by atoms with Crippen molar-refractivity contribution in [3.05, 3.63) is 75.4 Å². The number of nitrogens with zero attached hydrogens (tertiary/aromatic N) is 1. The highest BCUT2D eigenvalue weighted by molar-refractivity contribution is 6.08. The summed E-state index contributed by atoms with van der Waals surface area (Å²) >= 11 is 0. The van der Waals surface area contributed by atoms with E-state index in [9.17, 15) is 31.1 Å². The summed E-state index contributed by atoms with van der Waals surface area (Å²) in [6, 6.07) is 8.16. The minimum atomic E-state index is -4.63. The molecule has 1 atom stereocenters. The molecule has 0 radical (unpaired) electrons. The van der Waals surface area contributed by atoms with Gasteiger partial charge in [0, 0.05) is 0 Å². The molecule has 2 aromatic carbocycles. The smallest absolute Gasteiger partial charge is 0.272 e. The number of hydrogen-bond donors (Lipinski definition) is 0. The van der Waals surface area contributed by atoms with Gasteiger partial charge in [-0.25, -0.2) is 4.99 Å². The van der Waals surface area contributed by atoms with Crippen LogP contribution in [-0.4, -0.2) is 24.0 Å². The van der Waals surface area contributed by atoms with Gasteiger partial charge >= 0.3 is 12.4 Å². The average molecular weight is 510 g/mol. The van der Waals surface area contributed by atoms with Crippen LogP contribution in [0, 0.1) is 13.8 Å². The molecular weight excluding hydrogens is 480 g/mol. The summed E-state index contributed by atoms with van der Waals surface area (Å²) in [5.41, 5.74) is 5.08. The third kappa shape index (κ3) is 7.08. The van der Waals surface area contributed by atoms with Crippen LogP contribution in [0.5, 0.6) is 0 Å². The van der Waals surface area contributed by atoms with Crippen molar-refractivity contribution in [2.45, 2.75) is 77.6 Å². The Morgan fingerprint density at radius 2 is 1.78 bits per heavy atom. The predicted molar refractivity (Wildman–Crippen MR) is 129 cm³/mol. The number of aliphatic imine (C=N–C) groups is 1. The lowest BCUT2D eigenvalue weighted by Crippen LogP contribution is -2.19. The first-order valence-electron chi connectivity index (χ1n) is 11.9. The van der Waals surface area contributed by atoms with Crippen LogP contribution in [0.3, 0.4) is 0 Å². The highest BCUT2D eigenvalue weighted by Crippen LogP contribution is 2.38. The normalized spacial score (nSPS) is 16.4. The molecule has 0 aliphatic heterocycles. The molecule has 1 aliphatic carbocycles. The average Bonchev–Trinajstić information content (AvgIpc) is 2.75. The molecular formula is C28H29F6NO. The lowest BCUT2D eigenvalue weighted by molar-refractivity contribution is -0.151. The van der Waals surface area contributed by atoms with Crippen molar-refractivity contribution in [3.8, 4) is 0 Å². The summed E-state index contributed by atoms with van der Waals surface area (Å²) in [7, 11) is 0. The van der Waals surface area contributed by atoms with E-state index in [1.807, 2.05) is 20.8 Å². The molecule has 0 bridgehead atoms. The summed E-state index contributed by atoms with van der Waals surface area (Å²) in [6.07, 6.45) is -5.06. The van der Waals surface area contributed by atoms with Crippen molar-refractivity contribution in [2.24, 2.45) is 4.99 Å². The van der Waals surface area contributed by atoms with Gasteiger partial charge in [-0.05, 0) is 78.5 Å². The molecule has 8 heteroatoms. The summed E-state index contributed by atoms with van der Waals surface area (Å²) < 4.78 is 79.6. The fourth-order valence-electron chi connectivity index (χ4n) is 4.55. The standard InChI is InChI=1S/C28H29F6NO/c1-4-6-20-15-22(13-17(2)18(20)3)24(28(32,33)34)12-10-19-9-11-23-21(14-19)7-5-8-25(23)35-26(36)16-27(29,30)31/h9-15,24H,4-8,16H2,1-3H3/b12-10+,35-25?. The van der Waals surface area contributed by atoms with Gasteiger partial charge in [0.25, 0.3) is 5.91 Å². The Morgan fingerprint density at radius 3 is 2.42 bits per heavy atom. The number of carbonyl (C=O) groups excluding carboxylic acids is 1. The number of rotatable bonds is 6. The van der Waals surface area contributed by atoms with Gasteiger partial charge in [0.2, 0.25) is 0 Å². The first-order valence-corrected chi connectivity index (χ1v) is 11.9. The maximum Gasteiger partial charge on any atom is 0.399 e. The monoisotopic (exact) mass is 509 g/mol. The molecule has 3 rings (SSSR count). The van der Waals surface area contributed by atoms with E-state index in [0.29, 0.717) is 36.8 Å². The molecule has 0 aromatic heterocycles. The fraction of sp³-hybridized carbons (Fsp3) is 0.429. The van der Waals surface area contributed by atoms with Crippen LogP contribution in [0.25, 0.3) is 6.08 Å². The Morgan fingerprint density at radius 1 is 1.06 bits per heavy atom. The highest BCUT2D eigenvalue weighted by Gasteiger charge is 2.39. The number of benzene rings is 2.